The van der Waals surface area contributed by atoms with Crippen LogP contribution in [0.25, 0.3) is 11.1 Å². The molecule has 0 unspecified atom stereocenters. The largest absolute Gasteiger partial charge is 0.359 e. The highest BCUT2D eigenvalue weighted by Gasteiger charge is 2.20. The van der Waals surface area contributed by atoms with Gasteiger partial charge in [-0.25, -0.2) is 4.98 Å². The first-order valence-electron chi connectivity index (χ1n) is 10.1. The van der Waals surface area contributed by atoms with Gasteiger partial charge in [0.2, 0.25) is 11.8 Å². The van der Waals surface area contributed by atoms with E-state index in [-0.39, 0.29) is 30.2 Å². The number of hydrogen-bond acceptors (Lipinski definition) is 6. The molecule has 3 N–H and O–H groups in total. The Morgan fingerprint density at radius 2 is 1.90 bits per heavy atom. The maximum atomic E-state index is 12.4. The van der Waals surface area contributed by atoms with E-state index >= 15 is 0 Å². The molecule has 3 heterocycles. The lowest BCUT2D eigenvalue weighted by Crippen LogP contribution is -2.23. The Hall–Kier alpha value is -3.52. The Kier molecular flexibility index (Phi) is 5.56. The number of amides is 2. The van der Waals surface area contributed by atoms with Crippen LogP contribution >= 0.6 is 0 Å². The highest BCUT2D eigenvalue weighted by Crippen LogP contribution is 2.26. The predicted molar refractivity (Wildman–Crippen MR) is 118 cm³/mol. The van der Waals surface area contributed by atoms with Crippen molar-refractivity contribution in [2.24, 2.45) is 0 Å². The first-order valence-corrected chi connectivity index (χ1v) is 10.1. The minimum Gasteiger partial charge on any atom is -0.359 e. The Balaban J connectivity index is 1.41. The van der Waals surface area contributed by atoms with Gasteiger partial charge in [-0.15, -0.1) is 0 Å². The molecule has 0 spiro atoms. The van der Waals surface area contributed by atoms with Gasteiger partial charge in [0.1, 0.15) is 11.6 Å². The molecule has 1 aromatic carbocycles. The van der Waals surface area contributed by atoms with Crippen molar-refractivity contribution in [3.05, 3.63) is 59.5 Å². The number of pyridine rings is 1. The summed E-state index contributed by atoms with van der Waals surface area (Å²) in [7, 11) is 0. The highest BCUT2D eigenvalue weighted by molar-refractivity contribution is 5.93. The fraction of sp³-hybridized carbons (Fsp3) is 0.304. The standard InChI is InChI=1S/C23H25N5O3/c1-23(2,3)18-10-19(28-31-18)26-20(29)8-14-4-6-15(7-5-14)16-9-17-11-24-13-21(30)27-22(17)25-12-16/h4-7,9-10,12,24H,8,11,13H2,1-3H3,(H,25,27,30)(H,26,28,29). The third-order valence-corrected chi connectivity index (χ3v) is 4.99. The average molecular weight is 419 g/mol. The smallest absolute Gasteiger partial charge is 0.239 e. The molecule has 0 fully saturated rings. The number of hydrogen-bond donors (Lipinski definition) is 3. The van der Waals surface area contributed by atoms with Crippen LogP contribution in [0.2, 0.25) is 0 Å². The maximum absolute atomic E-state index is 12.4. The third kappa shape index (κ3) is 4.97. The zero-order valence-corrected chi connectivity index (χ0v) is 17.8. The third-order valence-electron chi connectivity index (χ3n) is 4.99. The van der Waals surface area contributed by atoms with Crippen molar-refractivity contribution in [3.8, 4) is 11.1 Å². The number of nitrogens with zero attached hydrogens (tertiary/aromatic N) is 2. The number of carbonyl (C=O) groups is 2. The van der Waals surface area contributed by atoms with Gasteiger partial charge in [0, 0.05) is 35.3 Å². The van der Waals surface area contributed by atoms with Crippen molar-refractivity contribution >= 4 is 23.5 Å². The summed E-state index contributed by atoms with van der Waals surface area (Å²) < 4.78 is 5.30. The molecule has 0 aliphatic carbocycles. The summed E-state index contributed by atoms with van der Waals surface area (Å²) in [4.78, 5) is 28.4. The van der Waals surface area contributed by atoms with Crippen LogP contribution in [0.15, 0.2) is 47.1 Å². The maximum Gasteiger partial charge on any atom is 0.239 e. The molecule has 0 saturated heterocycles. The van der Waals surface area contributed by atoms with E-state index in [1.807, 2.05) is 51.1 Å². The minimum absolute atomic E-state index is 0.0955. The summed E-state index contributed by atoms with van der Waals surface area (Å²) >= 11 is 0. The quantitative estimate of drug-likeness (QED) is 0.599. The van der Waals surface area contributed by atoms with Gasteiger partial charge >= 0.3 is 0 Å². The van der Waals surface area contributed by atoms with Crippen molar-refractivity contribution in [2.75, 3.05) is 17.2 Å². The van der Waals surface area contributed by atoms with Crippen molar-refractivity contribution in [2.45, 2.75) is 39.2 Å². The van der Waals surface area contributed by atoms with E-state index < -0.39 is 0 Å². The lowest BCUT2D eigenvalue weighted by molar-refractivity contribution is -0.116. The second kappa shape index (κ2) is 8.31. The average Bonchev–Trinajstić information content (AvgIpc) is 3.10. The molecule has 3 aromatic rings. The van der Waals surface area contributed by atoms with Crippen molar-refractivity contribution in [3.63, 3.8) is 0 Å². The van der Waals surface area contributed by atoms with Crippen molar-refractivity contribution in [1.29, 1.82) is 0 Å². The van der Waals surface area contributed by atoms with Crippen LogP contribution in [0.5, 0.6) is 0 Å². The molecule has 1 aliphatic heterocycles. The van der Waals surface area contributed by atoms with Crippen LogP contribution in [-0.2, 0) is 28.0 Å². The first-order chi connectivity index (χ1) is 14.8. The molecule has 4 rings (SSSR count). The monoisotopic (exact) mass is 419 g/mol. The Labute approximate surface area is 180 Å². The molecular weight excluding hydrogens is 394 g/mol. The van der Waals surface area contributed by atoms with Gasteiger partial charge in [-0.1, -0.05) is 50.2 Å². The Morgan fingerprint density at radius 1 is 1.13 bits per heavy atom. The van der Waals surface area contributed by atoms with E-state index in [0.717, 1.165) is 28.0 Å². The lowest BCUT2D eigenvalue weighted by Gasteiger charge is -2.12. The van der Waals surface area contributed by atoms with Gasteiger partial charge in [0.15, 0.2) is 5.82 Å². The van der Waals surface area contributed by atoms with E-state index in [2.05, 4.69) is 26.1 Å². The Bertz CT molecular complexity index is 1110. The van der Waals surface area contributed by atoms with Crippen LogP contribution in [-0.4, -0.2) is 28.5 Å². The summed E-state index contributed by atoms with van der Waals surface area (Å²) in [6.07, 6.45) is 1.97. The van der Waals surface area contributed by atoms with Gasteiger partial charge in [0.05, 0.1) is 13.0 Å². The van der Waals surface area contributed by atoms with E-state index in [9.17, 15) is 9.59 Å². The first kappa shape index (κ1) is 20.7. The number of aromatic nitrogens is 2. The molecule has 0 bridgehead atoms. The van der Waals surface area contributed by atoms with Gasteiger partial charge in [-0.3, -0.25) is 9.59 Å². The zero-order valence-electron chi connectivity index (χ0n) is 17.8. The normalized spacial score (nSPS) is 13.8. The fourth-order valence-electron chi connectivity index (χ4n) is 3.28. The summed E-state index contributed by atoms with van der Waals surface area (Å²) in [6, 6.07) is 11.5. The summed E-state index contributed by atoms with van der Waals surface area (Å²) in [5, 5.41) is 12.6. The van der Waals surface area contributed by atoms with E-state index in [1.165, 1.54) is 0 Å². The second-order valence-corrected chi connectivity index (χ2v) is 8.63. The number of fused-ring (bicyclic) bond motifs is 1. The van der Waals surface area contributed by atoms with Gasteiger partial charge in [-0.2, -0.15) is 0 Å². The van der Waals surface area contributed by atoms with Gasteiger partial charge < -0.3 is 20.5 Å². The zero-order chi connectivity index (χ0) is 22.0. The van der Waals surface area contributed by atoms with Crippen LogP contribution in [0.3, 0.4) is 0 Å². The van der Waals surface area contributed by atoms with E-state index in [0.29, 0.717) is 18.2 Å². The summed E-state index contributed by atoms with van der Waals surface area (Å²) in [5.74, 6) is 1.48. The molecule has 160 valence electrons. The summed E-state index contributed by atoms with van der Waals surface area (Å²) in [5.41, 5.74) is 3.59. The number of nitrogens with one attached hydrogen (secondary N) is 3. The van der Waals surface area contributed by atoms with Crippen molar-refractivity contribution in [1.82, 2.24) is 15.5 Å². The molecule has 0 radical (unpaired) electrons. The fourth-order valence-corrected chi connectivity index (χ4v) is 3.28. The molecule has 2 aromatic heterocycles. The molecule has 8 heteroatoms. The van der Waals surface area contributed by atoms with E-state index in [1.54, 1.807) is 12.3 Å². The van der Waals surface area contributed by atoms with Crippen LogP contribution in [0.4, 0.5) is 11.6 Å². The predicted octanol–water partition coefficient (Wildman–Crippen LogP) is 3.26. The molecule has 0 saturated carbocycles. The van der Waals surface area contributed by atoms with Crippen LogP contribution in [0, 0.1) is 0 Å². The van der Waals surface area contributed by atoms with Crippen LogP contribution < -0.4 is 16.0 Å². The molecule has 8 nitrogen and oxygen atoms in total. The second-order valence-electron chi connectivity index (χ2n) is 8.63. The SMILES string of the molecule is CC(C)(C)c1cc(NC(=O)Cc2ccc(-c3cnc4c(c3)CNCC(=O)N4)cc2)no1. The van der Waals surface area contributed by atoms with Crippen LogP contribution in [0.1, 0.15) is 37.7 Å². The van der Waals surface area contributed by atoms with Gasteiger partial charge in [0.25, 0.3) is 0 Å². The van der Waals surface area contributed by atoms with Crippen molar-refractivity contribution < 1.29 is 14.1 Å². The molecule has 31 heavy (non-hydrogen) atoms. The minimum atomic E-state index is -0.169. The highest BCUT2D eigenvalue weighted by atomic mass is 16.5. The number of benzene rings is 1. The number of carbonyl (C=O) groups excluding carboxylic acids is 2. The lowest BCUT2D eigenvalue weighted by atomic mass is 9.93. The molecule has 1 aliphatic rings. The molecule has 2 amide bonds. The molecular formula is C23H25N5O3. The van der Waals surface area contributed by atoms with E-state index in [4.69, 9.17) is 4.52 Å². The topological polar surface area (TPSA) is 109 Å². The number of anilines is 2. The molecule has 0 atom stereocenters. The summed E-state index contributed by atoms with van der Waals surface area (Å²) in [6.45, 7) is 6.91. The van der Waals surface area contributed by atoms with Gasteiger partial charge in [-0.05, 0) is 17.2 Å². The number of rotatable bonds is 4. The Morgan fingerprint density at radius 3 is 2.61 bits per heavy atom.